The van der Waals surface area contributed by atoms with Crippen molar-refractivity contribution in [3.8, 4) is 17.0 Å². The number of thioether (sulfide) groups is 1. The lowest BCUT2D eigenvalue weighted by atomic mass is 9.65. The Balaban J connectivity index is 2.05. The molecule has 0 saturated carbocycles. The number of ketones is 3. The fraction of sp³-hybridized carbons (Fsp3) is 0.381. The second kappa shape index (κ2) is 8.52. The van der Waals surface area contributed by atoms with Crippen molar-refractivity contribution in [1.29, 1.82) is 0 Å². The lowest BCUT2D eigenvalue weighted by Crippen LogP contribution is -2.82. The number of Topliss-reactive ketones (excluding diaryl/α,β-unsaturated/α-hetero) is 3. The highest BCUT2D eigenvalue weighted by Gasteiger charge is 2.75. The van der Waals surface area contributed by atoms with Crippen molar-refractivity contribution in [2.75, 3.05) is 5.75 Å². The van der Waals surface area contributed by atoms with Crippen LogP contribution >= 0.6 is 11.8 Å². The smallest absolute Gasteiger partial charge is 0.255 e. The van der Waals surface area contributed by atoms with Crippen LogP contribution in [0.15, 0.2) is 30.5 Å². The lowest BCUT2D eigenvalue weighted by Gasteiger charge is -2.54. The molecule has 9 nitrogen and oxygen atoms in total. The van der Waals surface area contributed by atoms with Gasteiger partial charge in [-0.1, -0.05) is 0 Å². The highest BCUT2D eigenvalue weighted by Crippen LogP contribution is 2.49. The molecule has 2 aromatic heterocycles. The van der Waals surface area contributed by atoms with Gasteiger partial charge in [-0.05, 0) is 45.0 Å². The Kier molecular flexibility index (Phi) is 6.41. The van der Waals surface area contributed by atoms with Crippen molar-refractivity contribution in [3.05, 3.63) is 42.4 Å². The average molecular weight is 482 g/mol. The molecule has 1 fully saturated rings. The van der Waals surface area contributed by atoms with Crippen LogP contribution in [0.3, 0.4) is 0 Å². The summed E-state index contributed by atoms with van der Waals surface area (Å²) in [5, 5.41) is 33.2. The first kappa shape index (κ1) is 24.8. The molecular formula is C21H20F2N2O7S. The summed E-state index contributed by atoms with van der Waals surface area (Å²) >= 11 is 0.519. The van der Waals surface area contributed by atoms with Gasteiger partial charge in [0.05, 0.1) is 11.3 Å². The van der Waals surface area contributed by atoms with Crippen molar-refractivity contribution >= 4 is 29.1 Å². The molecule has 12 heteroatoms. The number of halogens is 2. The SMILES string of the molecule is CC(=O)[C@]1(O)[C@@](O)(C(C)=O)CS[C@H](Oc2ccc(-c3cccnc3F)nc2F)[C@@]1(O)C(C)=O. The third-order valence-electron chi connectivity index (χ3n) is 5.65. The molecule has 0 spiro atoms. The summed E-state index contributed by atoms with van der Waals surface area (Å²) in [6.07, 6.45) is 1.20. The fourth-order valence-electron chi connectivity index (χ4n) is 3.71. The molecule has 176 valence electrons. The van der Waals surface area contributed by atoms with E-state index in [1.54, 1.807) is 0 Å². The Morgan fingerprint density at radius 2 is 1.70 bits per heavy atom. The van der Waals surface area contributed by atoms with Gasteiger partial charge in [-0.2, -0.15) is 8.78 Å². The van der Waals surface area contributed by atoms with E-state index in [1.807, 2.05) is 0 Å². The van der Waals surface area contributed by atoms with Gasteiger partial charge in [0.15, 0.2) is 39.7 Å². The van der Waals surface area contributed by atoms with Gasteiger partial charge >= 0.3 is 0 Å². The van der Waals surface area contributed by atoms with Crippen molar-refractivity contribution in [1.82, 2.24) is 9.97 Å². The minimum Gasteiger partial charge on any atom is -0.471 e. The summed E-state index contributed by atoms with van der Waals surface area (Å²) < 4.78 is 34.0. The molecule has 33 heavy (non-hydrogen) atoms. The average Bonchev–Trinajstić information content (AvgIpc) is 2.75. The van der Waals surface area contributed by atoms with E-state index in [0.717, 1.165) is 26.8 Å². The highest BCUT2D eigenvalue weighted by molar-refractivity contribution is 8.00. The third-order valence-corrected chi connectivity index (χ3v) is 6.97. The molecule has 3 N–H and O–H groups in total. The first-order chi connectivity index (χ1) is 15.3. The predicted octanol–water partition coefficient (Wildman–Crippen LogP) is 0.834. The van der Waals surface area contributed by atoms with E-state index >= 15 is 0 Å². The molecular weight excluding hydrogens is 462 g/mol. The first-order valence-electron chi connectivity index (χ1n) is 9.56. The number of ether oxygens (including phenoxy) is 1. The number of hydrogen-bond acceptors (Lipinski definition) is 10. The van der Waals surface area contributed by atoms with Crippen LogP contribution in [0.2, 0.25) is 0 Å². The van der Waals surface area contributed by atoms with Gasteiger partial charge in [-0.25, -0.2) is 9.97 Å². The van der Waals surface area contributed by atoms with Crippen molar-refractivity contribution < 1.29 is 43.2 Å². The van der Waals surface area contributed by atoms with Gasteiger partial charge in [0.25, 0.3) is 5.95 Å². The third kappa shape index (κ3) is 3.62. The summed E-state index contributed by atoms with van der Waals surface area (Å²) in [6.45, 7) is 2.49. The number of carbonyl (C=O) groups is 3. The highest BCUT2D eigenvalue weighted by atomic mass is 32.2. The zero-order chi connectivity index (χ0) is 24.8. The topological polar surface area (TPSA) is 147 Å². The molecule has 3 heterocycles. The van der Waals surface area contributed by atoms with Crippen molar-refractivity contribution in [2.24, 2.45) is 0 Å². The number of carbonyl (C=O) groups excluding carboxylic acids is 3. The van der Waals surface area contributed by atoms with Crippen LogP contribution < -0.4 is 4.74 Å². The van der Waals surface area contributed by atoms with Gasteiger partial charge in [-0.3, -0.25) is 14.4 Å². The number of aromatic nitrogens is 2. The summed E-state index contributed by atoms with van der Waals surface area (Å²) in [6, 6.07) is 4.99. The second-order valence-corrected chi connectivity index (χ2v) is 8.64. The molecule has 0 aliphatic carbocycles. The first-order valence-corrected chi connectivity index (χ1v) is 10.6. The minimum absolute atomic E-state index is 0.0901. The van der Waals surface area contributed by atoms with Gasteiger partial charge < -0.3 is 20.1 Å². The Morgan fingerprint density at radius 3 is 2.21 bits per heavy atom. The summed E-state index contributed by atoms with van der Waals surface area (Å²) in [4.78, 5) is 44.1. The molecule has 2 aromatic rings. The number of hydrogen-bond donors (Lipinski definition) is 3. The van der Waals surface area contributed by atoms with Gasteiger partial charge in [-0.15, -0.1) is 11.8 Å². The zero-order valence-electron chi connectivity index (χ0n) is 17.7. The molecule has 0 bridgehead atoms. The van der Waals surface area contributed by atoms with Gasteiger partial charge in [0.1, 0.15) is 0 Å². The monoisotopic (exact) mass is 482 g/mol. The Labute approximate surface area is 190 Å². The van der Waals surface area contributed by atoms with Crippen molar-refractivity contribution in [2.45, 2.75) is 43.0 Å². The van der Waals surface area contributed by atoms with Gasteiger partial charge in [0, 0.05) is 11.9 Å². The van der Waals surface area contributed by atoms with Crippen LogP contribution in [0.5, 0.6) is 5.75 Å². The van der Waals surface area contributed by atoms with E-state index in [2.05, 4.69) is 9.97 Å². The van der Waals surface area contributed by atoms with Crippen molar-refractivity contribution in [3.63, 3.8) is 0 Å². The largest absolute Gasteiger partial charge is 0.471 e. The lowest BCUT2D eigenvalue weighted by molar-refractivity contribution is -0.236. The van der Waals surface area contributed by atoms with Crippen LogP contribution in [-0.2, 0) is 14.4 Å². The van der Waals surface area contributed by atoms with E-state index in [1.165, 1.54) is 24.4 Å². The van der Waals surface area contributed by atoms with Crippen LogP contribution in [0, 0.1) is 11.9 Å². The second-order valence-electron chi connectivity index (χ2n) is 7.59. The molecule has 3 rings (SSSR count). The van der Waals surface area contributed by atoms with Gasteiger partial charge in [0.2, 0.25) is 11.5 Å². The van der Waals surface area contributed by atoms with Crippen LogP contribution in [0.25, 0.3) is 11.3 Å². The van der Waals surface area contributed by atoms with E-state index < -0.39 is 63.0 Å². The Hall–Kier alpha value is -2.80. The number of pyridine rings is 2. The zero-order valence-corrected chi connectivity index (χ0v) is 18.5. The minimum atomic E-state index is -3.28. The van der Waals surface area contributed by atoms with E-state index in [9.17, 15) is 38.5 Å². The summed E-state index contributed by atoms with van der Waals surface area (Å²) in [7, 11) is 0. The molecule has 0 radical (unpaired) electrons. The van der Waals surface area contributed by atoms with E-state index in [-0.39, 0.29) is 11.3 Å². The number of rotatable bonds is 6. The van der Waals surface area contributed by atoms with Crippen LogP contribution in [0.1, 0.15) is 20.8 Å². The van der Waals surface area contributed by atoms with E-state index in [4.69, 9.17) is 4.74 Å². The van der Waals surface area contributed by atoms with E-state index in [0.29, 0.717) is 11.8 Å². The molecule has 1 saturated heterocycles. The molecule has 0 amide bonds. The fourth-order valence-corrected chi connectivity index (χ4v) is 5.27. The summed E-state index contributed by atoms with van der Waals surface area (Å²) in [5.74, 6) is -6.93. The maximum atomic E-state index is 14.7. The normalized spacial score (nSPS) is 29.4. The number of nitrogens with zero attached hydrogens (tertiary/aromatic N) is 2. The predicted molar refractivity (Wildman–Crippen MR) is 111 cm³/mol. The number of aliphatic hydroxyl groups is 3. The molecule has 0 unspecified atom stereocenters. The molecule has 0 aromatic carbocycles. The Bertz CT molecular complexity index is 1150. The standard InChI is InChI=1S/C21H20F2N2O7S/c1-10(26)19(29)9-33-18(20(30,11(2)27)21(19,31)12(3)28)32-15-7-6-14(25-17(15)23)13-5-4-8-24-16(13)22/h4-8,18,29-31H,9H2,1-3H3/t18-,19-,20-,21-/m0/s1. The maximum absolute atomic E-state index is 14.7. The molecule has 4 atom stereocenters. The quantitative estimate of drug-likeness (QED) is 0.506. The van der Waals surface area contributed by atoms with Crippen LogP contribution in [0.4, 0.5) is 8.78 Å². The molecule has 1 aliphatic rings. The molecule has 1 aliphatic heterocycles. The summed E-state index contributed by atoms with van der Waals surface area (Å²) in [5.41, 5.74) is -11.3. The Morgan fingerprint density at radius 1 is 1.03 bits per heavy atom. The van der Waals surface area contributed by atoms with Crippen LogP contribution in [-0.4, -0.2) is 70.6 Å². The maximum Gasteiger partial charge on any atom is 0.255 e.